The lowest BCUT2D eigenvalue weighted by Crippen LogP contribution is -2.38. The number of hydrogen-bond acceptors (Lipinski definition) is 6. The molecule has 0 aromatic carbocycles. The van der Waals surface area contributed by atoms with E-state index in [-0.39, 0.29) is 13.0 Å². The van der Waals surface area contributed by atoms with E-state index in [1.807, 2.05) is 45.9 Å². The van der Waals surface area contributed by atoms with Gasteiger partial charge in [-0.05, 0) is 26.7 Å². The first-order chi connectivity index (χ1) is 11.9. The van der Waals surface area contributed by atoms with Crippen LogP contribution in [0, 0.1) is 5.41 Å². The molecule has 0 aromatic rings. The van der Waals surface area contributed by atoms with Crippen LogP contribution in [0.3, 0.4) is 0 Å². The van der Waals surface area contributed by atoms with Crippen LogP contribution >= 0.6 is 0 Å². The lowest BCUT2D eigenvalue weighted by molar-refractivity contribution is -0.231. The third-order valence-electron chi connectivity index (χ3n) is 3.76. The van der Waals surface area contributed by atoms with Crippen LogP contribution in [0.15, 0.2) is 23.8 Å². The largest absolute Gasteiger partial charge is 0.420 e. The number of amides is 1. The van der Waals surface area contributed by atoms with Crippen molar-refractivity contribution in [3.05, 3.63) is 23.8 Å². The topological polar surface area (TPSA) is 122 Å². The summed E-state index contributed by atoms with van der Waals surface area (Å²) in [6.45, 7) is 9.03. The molecule has 2 atom stereocenters. The van der Waals surface area contributed by atoms with Crippen molar-refractivity contribution < 1.29 is 32.3 Å². The van der Waals surface area contributed by atoms with Gasteiger partial charge in [-0.2, -0.15) is 8.42 Å². The van der Waals surface area contributed by atoms with E-state index in [4.69, 9.17) is 14.0 Å². The molecule has 8 nitrogen and oxygen atoms in total. The smallest absolute Gasteiger partial charge is 0.409 e. The summed E-state index contributed by atoms with van der Waals surface area (Å²) >= 11 is 0. The lowest BCUT2D eigenvalue weighted by Gasteiger charge is -2.34. The first-order valence-electron chi connectivity index (χ1n) is 8.49. The minimum atomic E-state index is -4.05. The first kappa shape index (κ1) is 24.6. The standard InChI is InChI=1S/C17H31NO7S/c1-6-8-10-14(7-2)17(4,5)15(19)24-13(3)25-16(20)18-11-9-12-26(21,22)23/h6,8,10,13,15,19H,7,9,11-12H2,1-5H3,(H,18,20)(H,21,22,23)/b8-6-,14-10+. The highest BCUT2D eigenvalue weighted by atomic mass is 32.2. The predicted molar refractivity (Wildman–Crippen MR) is 99.0 cm³/mol. The molecule has 1 amide bonds. The maximum absolute atomic E-state index is 11.6. The van der Waals surface area contributed by atoms with Crippen LogP contribution in [-0.2, 0) is 19.6 Å². The number of carbonyl (C=O) groups is 1. The summed E-state index contributed by atoms with van der Waals surface area (Å²) in [5, 5.41) is 12.7. The Balaban J connectivity index is 4.52. The molecule has 0 rings (SSSR count). The van der Waals surface area contributed by atoms with Crippen molar-refractivity contribution in [3.8, 4) is 0 Å². The molecule has 3 N–H and O–H groups in total. The van der Waals surface area contributed by atoms with Gasteiger partial charge in [-0.15, -0.1) is 0 Å². The van der Waals surface area contributed by atoms with Crippen LogP contribution in [0.5, 0.6) is 0 Å². The molecule has 0 saturated heterocycles. The zero-order valence-electron chi connectivity index (χ0n) is 16.1. The fraction of sp³-hybridized carbons (Fsp3) is 0.706. The van der Waals surface area contributed by atoms with Gasteiger partial charge in [0.25, 0.3) is 10.1 Å². The second kappa shape index (κ2) is 11.3. The molecule has 0 aliphatic rings. The molecule has 0 aromatic heterocycles. The molecular weight excluding hydrogens is 362 g/mol. The summed E-state index contributed by atoms with van der Waals surface area (Å²) < 4.78 is 40.1. The van der Waals surface area contributed by atoms with Crippen LogP contribution in [0.1, 0.15) is 47.5 Å². The van der Waals surface area contributed by atoms with Crippen molar-refractivity contribution in [2.45, 2.75) is 60.0 Å². The average molecular weight is 394 g/mol. The van der Waals surface area contributed by atoms with E-state index in [0.29, 0.717) is 0 Å². The number of carbonyl (C=O) groups excluding carboxylic acids is 1. The van der Waals surface area contributed by atoms with Crippen LogP contribution < -0.4 is 5.32 Å². The maximum atomic E-state index is 11.6. The molecule has 152 valence electrons. The van der Waals surface area contributed by atoms with Gasteiger partial charge in [0.15, 0.2) is 6.29 Å². The average Bonchev–Trinajstić information content (AvgIpc) is 2.51. The van der Waals surface area contributed by atoms with E-state index in [9.17, 15) is 18.3 Å². The van der Waals surface area contributed by atoms with Crippen LogP contribution in [0.25, 0.3) is 0 Å². The Morgan fingerprint density at radius 3 is 2.46 bits per heavy atom. The van der Waals surface area contributed by atoms with Gasteiger partial charge in [-0.1, -0.05) is 44.6 Å². The van der Waals surface area contributed by atoms with E-state index >= 15 is 0 Å². The molecule has 26 heavy (non-hydrogen) atoms. The normalized spacial score (nSPS) is 15.7. The molecule has 0 spiro atoms. The number of aliphatic hydroxyl groups excluding tert-OH is 1. The second-order valence-electron chi connectivity index (χ2n) is 6.32. The summed E-state index contributed by atoms with van der Waals surface area (Å²) in [6.07, 6.45) is 3.45. The van der Waals surface area contributed by atoms with Crippen molar-refractivity contribution in [3.63, 3.8) is 0 Å². The van der Waals surface area contributed by atoms with Gasteiger partial charge in [-0.3, -0.25) is 4.55 Å². The molecule has 0 saturated carbocycles. The van der Waals surface area contributed by atoms with Crippen molar-refractivity contribution >= 4 is 16.2 Å². The molecule has 0 radical (unpaired) electrons. The molecule has 9 heteroatoms. The van der Waals surface area contributed by atoms with E-state index in [2.05, 4.69) is 5.32 Å². The highest BCUT2D eigenvalue weighted by molar-refractivity contribution is 7.85. The van der Waals surface area contributed by atoms with Crippen LogP contribution in [-0.4, -0.2) is 49.0 Å². The zero-order chi connectivity index (χ0) is 20.4. The molecular formula is C17H31NO7S. The minimum absolute atomic E-state index is 0.0193. The third-order valence-corrected chi connectivity index (χ3v) is 4.56. The summed E-state index contributed by atoms with van der Waals surface area (Å²) in [4.78, 5) is 11.6. The van der Waals surface area contributed by atoms with Crippen LogP contribution in [0.2, 0.25) is 0 Å². The van der Waals surface area contributed by atoms with Crippen molar-refractivity contribution in [2.75, 3.05) is 12.3 Å². The number of nitrogens with one attached hydrogen (secondary N) is 1. The summed E-state index contributed by atoms with van der Waals surface area (Å²) in [5.41, 5.74) is 0.294. The number of aliphatic hydroxyl groups is 1. The Morgan fingerprint density at radius 2 is 1.96 bits per heavy atom. The molecule has 0 heterocycles. The van der Waals surface area contributed by atoms with Crippen molar-refractivity contribution in [2.24, 2.45) is 5.41 Å². The van der Waals surface area contributed by atoms with Gasteiger partial charge < -0.3 is 19.9 Å². The van der Waals surface area contributed by atoms with Crippen LogP contribution in [0.4, 0.5) is 4.79 Å². The molecule has 0 bridgehead atoms. The summed E-state index contributed by atoms with van der Waals surface area (Å²) in [7, 11) is -4.05. The molecule has 2 unspecified atom stereocenters. The Hall–Kier alpha value is -1.42. The van der Waals surface area contributed by atoms with Gasteiger partial charge in [0.05, 0.1) is 5.75 Å². The van der Waals surface area contributed by atoms with Crippen molar-refractivity contribution in [1.82, 2.24) is 5.32 Å². The predicted octanol–water partition coefficient (Wildman–Crippen LogP) is 2.61. The lowest BCUT2D eigenvalue weighted by atomic mass is 9.81. The Labute approximate surface area is 156 Å². The first-order valence-corrected chi connectivity index (χ1v) is 10.1. The SMILES string of the molecule is C/C=C\C=C(/CC)C(C)(C)C(O)OC(C)OC(=O)NCCCS(=O)(=O)O. The summed E-state index contributed by atoms with van der Waals surface area (Å²) in [6, 6.07) is 0. The number of rotatable bonds is 11. The third kappa shape index (κ3) is 9.91. The van der Waals surface area contributed by atoms with Gasteiger partial charge in [0.1, 0.15) is 0 Å². The summed E-state index contributed by atoms with van der Waals surface area (Å²) in [5.74, 6) is -0.454. The Bertz CT molecular complexity index is 596. The van der Waals surface area contributed by atoms with E-state index in [0.717, 1.165) is 12.0 Å². The number of ether oxygens (including phenoxy) is 2. The van der Waals surface area contributed by atoms with Gasteiger partial charge in [0.2, 0.25) is 6.29 Å². The highest BCUT2D eigenvalue weighted by Gasteiger charge is 2.33. The maximum Gasteiger partial charge on any atom is 0.409 e. The number of hydrogen-bond donors (Lipinski definition) is 3. The Kier molecular flexibility index (Phi) is 10.7. The molecule has 0 aliphatic carbocycles. The fourth-order valence-corrected chi connectivity index (χ4v) is 2.69. The van der Waals surface area contributed by atoms with Gasteiger partial charge in [0, 0.05) is 12.0 Å². The van der Waals surface area contributed by atoms with Crippen molar-refractivity contribution in [1.29, 1.82) is 0 Å². The van der Waals surface area contributed by atoms with Gasteiger partial charge in [-0.25, -0.2) is 4.79 Å². The Morgan fingerprint density at radius 1 is 1.35 bits per heavy atom. The highest BCUT2D eigenvalue weighted by Crippen LogP contribution is 2.33. The number of alkyl carbamates (subject to hydrolysis) is 1. The zero-order valence-corrected chi connectivity index (χ0v) is 16.9. The second-order valence-corrected chi connectivity index (χ2v) is 7.89. The monoisotopic (exact) mass is 393 g/mol. The van der Waals surface area contributed by atoms with E-state index in [1.165, 1.54) is 6.92 Å². The van der Waals surface area contributed by atoms with Gasteiger partial charge >= 0.3 is 6.09 Å². The molecule has 0 fully saturated rings. The fourth-order valence-electron chi connectivity index (χ4n) is 2.18. The number of allylic oxidation sites excluding steroid dienone is 3. The quantitative estimate of drug-likeness (QED) is 0.213. The van der Waals surface area contributed by atoms with E-state index < -0.39 is 40.0 Å². The minimum Gasteiger partial charge on any atom is -0.420 e. The van der Waals surface area contributed by atoms with E-state index in [1.54, 1.807) is 0 Å². The molecule has 0 aliphatic heterocycles.